The molecule has 18 heavy (non-hydrogen) atoms. The third-order valence-corrected chi connectivity index (χ3v) is 3.17. The molecule has 1 heterocycles. The second-order valence-corrected chi connectivity index (χ2v) is 5.16. The maximum atomic E-state index is 5.89. The number of nitrogens with one attached hydrogen (secondary N) is 1. The highest BCUT2D eigenvalue weighted by Crippen LogP contribution is 2.15. The van der Waals surface area contributed by atoms with Gasteiger partial charge in [0.1, 0.15) is 5.82 Å². The molecule has 0 amide bonds. The van der Waals surface area contributed by atoms with Crippen LogP contribution in [0.25, 0.3) is 0 Å². The summed E-state index contributed by atoms with van der Waals surface area (Å²) in [5.74, 6) is 0.804. The van der Waals surface area contributed by atoms with E-state index >= 15 is 0 Å². The lowest BCUT2D eigenvalue weighted by molar-refractivity contribution is 0.269. The first-order chi connectivity index (χ1) is 8.50. The van der Waals surface area contributed by atoms with Crippen molar-refractivity contribution in [1.82, 2.24) is 9.88 Å². The summed E-state index contributed by atoms with van der Waals surface area (Å²) < 4.78 is 0. The van der Waals surface area contributed by atoms with E-state index in [1.807, 2.05) is 19.2 Å². The minimum atomic E-state index is 0.618. The van der Waals surface area contributed by atoms with Crippen molar-refractivity contribution in [2.45, 2.75) is 39.7 Å². The zero-order chi connectivity index (χ0) is 13.5. The van der Waals surface area contributed by atoms with Gasteiger partial charge in [0.15, 0.2) is 0 Å². The number of rotatable bonds is 7. The first-order valence-corrected chi connectivity index (χ1v) is 6.67. The summed E-state index contributed by atoms with van der Waals surface area (Å²) in [6.07, 6.45) is 4.16. The molecular formula is C14H26N4. The summed E-state index contributed by atoms with van der Waals surface area (Å²) in [7, 11) is 2.16. The second kappa shape index (κ2) is 7.21. The molecule has 0 saturated carbocycles. The predicted octanol–water partition coefficient (Wildman–Crippen LogP) is 2.50. The van der Waals surface area contributed by atoms with Gasteiger partial charge in [0, 0.05) is 18.8 Å². The molecule has 0 aromatic carbocycles. The van der Waals surface area contributed by atoms with Gasteiger partial charge in [0.2, 0.25) is 0 Å². The molecule has 0 atom stereocenters. The van der Waals surface area contributed by atoms with Crippen LogP contribution in [0.2, 0.25) is 0 Å². The van der Waals surface area contributed by atoms with E-state index < -0.39 is 0 Å². The molecule has 0 bridgehead atoms. The molecule has 4 heteroatoms. The highest BCUT2D eigenvalue weighted by atomic mass is 15.1. The summed E-state index contributed by atoms with van der Waals surface area (Å²) in [6.45, 7) is 8.49. The number of hydrogen-bond acceptors (Lipinski definition) is 4. The van der Waals surface area contributed by atoms with Crippen LogP contribution in [0.5, 0.6) is 0 Å². The number of nitrogens with two attached hydrogens (primary N) is 1. The van der Waals surface area contributed by atoms with Crippen molar-refractivity contribution in [2.75, 3.05) is 31.2 Å². The molecule has 0 aliphatic carbocycles. The Bertz CT molecular complexity index is 363. The van der Waals surface area contributed by atoms with Gasteiger partial charge >= 0.3 is 0 Å². The van der Waals surface area contributed by atoms with Crippen molar-refractivity contribution in [1.29, 1.82) is 0 Å². The third-order valence-electron chi connectivity index (χ3n) is 3.17. The quantitative estimate of drug-likeness (QED) is 0.730. The molecule has 0 aliphatic heterocycles. The zero-order valence-corrected chi connectivity index (χ0v) is 12.0. The zero-order valence-electron chi connectivity index (χ0n) is 12.0. The number of nitrogens with zero attached hydrogens (tertiary/aromatic N) is 2. The molecule has 0 spiro atoms. The van der Waals surface area contributed by atoms with E-state index in [1.54, 1.807) is 0 Å². The number of pyridine rings is 1. The van der Waals surface area contributed by atoms with Gasteiger partial charge in [-0.2, -0.15) is 0 Å². The molecule has 3 N–H and O–H groups in total. The van der Waals surface area contributed by atoms with Crippen molar-refractivity contribution in [3.63, 3.8) is 0 Å². The molecule has 0 radical (unpaired) electrons. The van der Waals surface area contributed by atoms with Crippen LogP contribution in [0.1, 0.15) is 32.3 Å². The first-order valence-electron chi connectivity index (χ1n) is 6.67. The van der Waals surface area contributed by atoms with Crippen LogP contribution in [0.4, 0.5) is 11.5 Å². The number of unbranched alkanes of at least 4 members (excludes halogenated alkanes) is 1. The summed E-state index contributed by atoms with van der Waals surface area (Å²) in [5, 5.41) is 3.29. The lowest BCUT2D eigenvalue weighted by atomic mass is 10.2. The Morgan fingerprint density at radius 2 is 2.11 bits per heavy atom. The van der Waals surface area contributed by atoms with Gasteiger partial charge < -0.3 is 16.0 Å². The van der Waals surface area contributed by atoms with E-state index in [0.29, 0.717) is 6.04 Å². The van der Waals surface area contributed by atoms with Crippen molar-refractivity contribution < 1.29 is 0 Å². The summed E-state index contributed by atoms with van der Waals surface area (Å²) in [5.41, 5.74) is 7.72. The SMILES string of the molecule is Cc1cnc(NCCCCN(C)C(C)C)c(N)c1. The average molecular weight is 250 g/mol. The topological polar surface area (TPSA) is 54.2 Å². The molecule has 0 unspecified atom stereocenters. The predicted molar refractivity (Wildman–Crippen MR) is 78.9 cm³/mol. The molecule has 1 aromatic heterocycles. The van der Waals surface area contributed by atoms with Crippen LogP contribution in [0.3, 0.4) is 0 Å². The Labute approximate surface area is 111 Å². The Kier molecular flexibility index (Phi) is 5.92. The summed E-state index contributed by atoms with van der Waals surface area (Å²) in [4.78, 5) is 6.65. The normalized spacial score (nSPS) is 11.2. The molecule has 4 nitrogen and oxygen atoms in total. The standard InChI is InChI=1S/C14H26N4/c1-11(2)18(4)8-6-5-7-16-14-13(15)9-12(3)10-17-14/h9-11H,5-8,15H2,1-4H3,(H,16,17). The molecule has 0 aliphatic rings. The molecule has 1 aromatic rings. The fraction of sp³-hybridized carbons (Fsp3) is 0.643. The van der Waals surface area contributed by atoms with Crippen LogP contribution < -0.4 is 11.1 Å². The van der Waals surface area contributed by atoms with Crippen molar-refractivity contribution in [3.05, 3.63) is 17.8 Å². The van der Waals surface area contributed by atoms with Crippen molar-refractivity contribution in [3.8, 4) is 0 Å². The maximum Gasteiger partial charge on any atom is 0.149 e. The van der Waals surface area contributed by atoms with Crippen molar-refractivity contribution >= 4 is 11.5 Å². The summed E-state index contributed by atoms with van der Waals surface area (Å²) >= 11 is 0. The van der Waals surface area contributed by atoms with E-state index in [-0.39, 0.29) is 0 Å². The van der Waals surface area contributed by atoms with Crippen LogP contribution >= 0.6 is 0 Å². The largest absolute Gasteiger partial charge is 0.396 e. The van der Waals surface area contributed by atoms with E-state index in [2.05, 4.69) is 36.1 Å². The van der Waals surface area contributed by atoms with Gasteiger partial charge in [0.25, 0.3) is 0 Å². The van der Waals surface area contributed by atoms with Gasteiger partial charge in [-0.15, -0.1) is 0 Å². The van der Waals surface area contributed by atoms with Crippen molar-refractivity contribution in [2.24, 2.45) is 0 Å². The van der Waals surface area contributed by atoms with Gasteiger partial charge in [-0.25, -0.2) is 4.98 Å². The van der Waals surface area contributed by atoms with E-state index in [0.717, 1.165) is 36.6 Å². The Balaban J connectivity index is 2.22. The number of anilines is 2. The van der Waals surface area contributed by atoms with Crippen LogP contribution in [0.15, 0.2) is 12.3 Å². The van der Waals surface area contributed by atoms with E-state index in [1.165, 1.54) is 6.42 Å². The Morgan fingerprint density at radius 1 is 1.39 bits per heavy atom. The minimum absolute atomic E-state index is 0.618. The smallest absolute Gasteiger partial charge is 0.149 e. The fourth-order valence-electron chi connectivity index (χ4n) is 1.69. The molecule has 0 saturated heterocycles. The number of nitrogen functional groups attached to an aromatic ring is 1. The first kappa shape index (κ1) is 14.8. The van der Waals surface area contributed by atoms with Gasteiger partial charge in [0.05, 0.1) is 5.69 Å². The van der Waals surface area contributed by atoms with Gasteiger partial charge in [-0.05, 0) is 58.8 Å². The highest BCUT2D eigenvalue weighted by molar-refractivity contribution is 5.61. The highest BCUT2D eigenvalue weighted by Gasteiger charge is 2.03. The monoisotopic (exact) mass is 250 g/mol. The molecule has 0 fully saturated rings. The van der Waals surface area contributed by atoms with Gasteiger partial charge in [-0.1, -0.05) is 0 Å². The number of hydrogen-bond donors (Lipinski definition) is 2. The molecule has 1 rings (SSSR count). The Hall–Kier alpha value is -1.29. The minimum Gasteiger partial charge on any atom is -0.396 e. The number of aryl methyl sites for hydroxylation is 1. The maximum absolute atomic E-state index is 5.89. The van der Waals surface area contributed by atoms with Crippen LogP contribution in [0, 0.1) is 6.92 Å². The van der Waals surface area contributed by atoms with Crippen LogP contribution in [-0.2, 0) is 0 Å². The van der Waals surface area contributed by atoms with E-state index in [9.17, 15) is 0 Å². The lowest BCUT2D eigenvalue weighted by Crippen LogP contribution is -2.27. The second-order valence-electron chi connectivity index (χ2n) is 5.16. The third kappa shape index (κ3) is 4.92. The van der Waals surface area contributed by atoms with Gasteiger partial charge in [-0.3, -0.25) is 0 Å². The average Bonchev–Trinajstić information content (AvgIpc) is 2.30. The molecule has 102 valence electrons. The fourth-order valence-corrected chi connectivity index (χ4v) is 1.69. The lowest BCUT2D eigenvalue weighted by Gasteiger charge is -2.20. The van der Waals surface area contributed by atoms with Crippen LogP contribution in [-0.4, -0.2) is 36.1 Å². The molecular weight excluding hydrogens is 224 g/mol. The van der Waals surface area contributed by atoms with E-state index in [4.69, 9.17) is 5.73 Å². The summed E-state index contributed by atoms with van der Waals surface area (Å²) in [6, 6.07) is 2.56. The Morgan fingerprint density at radius 3 is 2.72 bits per heavy atom. The number of aromatic nitrogens is 1.